The van der Waals surface area contributed by atoms with Gasteiger partial charge in [0.25, 0.3) is 0 Å². The van der Waals surface area contributed by atoms with Gasteiger partial charge >= 0.3 is 5.97 Å². The maximum absolute atomic E-state index is 12.2. The van der Waals surface area contributed by atoms with E-state index in [4.69, 9.17) is 4.74 Å². The van der Waals surface area contributed by atoms with Crippen molar-refractivity contribution in [2.45, 2.75) is 19.8 Å². The van der Waals surface area contributed by atoms with Crippen LogP contribution in [0.1, 0.15) is 18.1 Å². The van der Waals surface area contributed by atoms with Gasteiger partial charge in [-0.15, -0.1) is 0 Å². The molecule has 0 spiro atoms. The third kappa shape index (κ3) is 5.95. The van der Waals surface area contributed by atoms with E-state index in [1.54, 1.807) is 31.2 Å². The molecule has 2 rings (SSSR count). The SMILES string of the molecule is CCOC(=O)C(CNC(=O)Cc1ccccc1O)Cc1ccccc1. The van der Waals surface area contributed by atoms with Crippen LogP contribution in [0.5, 0.6) is 5.75 Å². The molecule has 0 radical (unpaired) electrons. The summed E-state index contributed by atoms with van der Waals surface area (Å²) in [4.78, 5) is 24.3. The number of carbonyl (C=O) groups is 2. The van der Waals surface area contributed by atoms with E-state index in [9.17, 15) is 14.7 Å². The third-order valence-electron chi connectivity index (χ3n) is 3.83. The predicted octanol–water partition coefficient (Wildman–Crippen LogP) is 2.47. The number of hydrogen-bond donors (Lipinski definition) is 2. The van der Waals surface area contributed by atoms with Gasteiger partial charge in [-0.3, -0.25) is 9.59 Å². The number of amides is 1. The highest BCUT2D eigenvalue weighted by Gasteiger charge is 2.21. The molecule has 0 aliphatic carbocycles. The van der Waals surface area contributed by atoms with Gasteiger partial charge in [-0.25, -0.2) is 0 Å². The zero-order valence-electron chi connectivity index (χ0n) is 14.3. The minimum absolute atomic E-state index is 0.0631. The molecule has 25 heavy (non-hydrogen) atoms. The Balaban J connectivity index is 1.95. The molecule has 0 saturated carbocycles. The molecular formula is C20H23NO4. The van der Waals surface area contributed by atoms with Crippen LogP contribution in [0.2, 0.25) is 0 Å². The zero-order chi connectivity index (χ0) is 18.1. The first-order chi connectivity index (χ1) is 12.1. The predicted molar refractivity (Wildman–Crippen MR) is 95.1 cm³/mol. The highest BCUT2D eigenvalue weighted by atomic mass is 16.5. The third-order valence-corrected chi connectivity index (χ3v) is 3.83. The van der Waals surface area contributed by atoms with E-state index in [1.165, 1.54) is 0 Å². The molecule has 0 aromatic heterocycles. The molecule has 1 atom stereocenters. The maximum Gasteiger partial charge on any atom is 0.311 e. The minimum atomic E-state index is -0.448. The Kier molecular flexibility index (Phi) is 7.01. The van der Waals surface area contributed by atoms with Gasteiger partial charge in [-0.2, -0.15) is 0 Å². The Morgan fingerprint density at radius 3 is 2.44 bits per heavy atom. The maximum atomic E-state index is 12.2. The number of nitrogens with one attached hydrogen (secondary N) is 1. The number of carbonyl (C=O) groups excluding carboxylic acids is 2. The van der Waals surface area contributed by atoms with Crippen LogP contribution >= 0.6 is 0 Å². The van der Waals surface area contributed by atoms with Crippen LogP contribution in [0, 0.1) is 5.92 Å². The highest BCUT2D eigenvalue weighted by Crippen LogP contribution is 2.16. The topological polar surface area (TPSA) is 75.6 Å². The van der Waals surface area contributed by atoms with Crippen molar-refractivity contribution < 1.29 is 19.4 Å². The van der Waals surface area contributed by atoms with Crippen molar-refractivity contribution in [3.8, 4) is 5.75 Å². The molecular weight excluding hydrogens is 318 g/mol. The quantitative estimate of drug-likeness (QED) is 0.723. The number of benzene rings is 2. The largest absolute Gasteiger partial charge is 0.508 e. The second kappa shape index (κ2) is 9.47. The summed E-state index contributed by atoms with van der Waals surface area (Å²) in [6.45, 7) is 2.25. The van der Waals surface area contributed by atoms with Gasteiger partial charge in [0.05, 0.1) is 18.9 Å². The molecule has 5 heteroatoms. The van der Waals surface area contributed by atoms with Crippen molar-refractivity contribution in [3.63, 3.8) is 0 Å². The first-order valence-corrected chi connectivity index (χ1v) is 8.34. The number of ether oxygens (including phenoxy) is 1. The summed E-state index contributed by atoms with van der Waals surface area (Å²) in [5, 5.41) is 12.5. The Bertz CT molecular complexity index is 700. The average molecular weight is 341 g/mol. The number of phenolic OH excluding ortho intramolecular Hbond substituents is 1. The number of rotatable bonds is 8. The molecule has 5 nitrogen and oxygen atoms in total. The summed E-state index contributed by atoms with van der Waals surface area (Å²) in [5.74, 6) is -0.933. The molecule has 132 valence electrons. The van der Waals surface area contributed by atoms with E-state index in [0.29, 0.717) is 18.6 Å². The standard InChI is InChI=1S/C20H23NO4/c1-2-25-20(24)17(12-15-8-4-3-5-9-15)14-21-19(23)13-16-10-6-7-11-18(16)22/h3-11,17,22H,2,12-14H2,1H3,(H,21,23). The van der Waals surface area contributed by atoms with E-state index in [2.05, 4.69) is 5.32 Å². The molecule has 2 aromatic carbocycles. The van der Waals surface area contributed by atoms with Crippen LogP contribution in [0.3, 0.4) is 0 Å². The molecule has 0 aliphatic rings. The molecule has 0 bridgehead atoms. The lowest BCUT2D eigenvalue weighted by atomic mass is 9.99. The number of esters is 1. The van der Waals surface area contributed by atoms with Crippen molar-refractivity contribution in [2.24, 2.45) is 5.92 Å². The zero-order valence-corrected chi connectivity index (χ0v) is 14.3. The molecule has 2 N–H and O–H groups in total. The summed E-state index contributed by atoms with van der Waals surface area (Å²) in [6, 6.07) is 16.3. The van der Waals surface area contributed by atoms with Gasteiger partial charge in [-0.05, 0) is 25.0 Å². The Hall–Kier alpha value is -2.82. The van der Waals surface area contributed by atoms with Gasteiger partial charge < -0.3 is 15.2 Å². The van der Waals surface area contributed by atoms with Crippen molar-refractivity contribution in [2.75, 3.05) is 13.2 Å². The summed E-state index contributed by atoms with van der Waals surface area (Å²) >= 11 is 0. The van der Waals surface area contributed by atoms with E-state index < -0.39 is 5.92 Å². The van der Waals surface area contributed by atoms with E-state index in [1.807, 2.05) is 30.3 Å². The first-order valence-electron chi connectivity index (χ1n) is 8.34. The van der Waals surface area contributed by atoms with Gasteiger partial charge in [0.15, 0.2) is 0 Å². The second-order valence-electron chi connectivity index (χ2n) is 5.75. The lowest BCUT2D eigenvalue weighted by Gasteiger charge is -2.16. The average Bonchev–Trinajstić information content (AvgIpc) is 2.61. The minimum Gasteiger partial charge on any atom is -0.508 e. The molecule has 0 fully saturated rings. The van der Waals surface area contributed by atoms with Crippen molar-refractivity contribution >= 4 is 11.9 Å². The second-order valence-corrected chi connectivity index (χ2v) is 5.75. The number of para-hydroxylation sites is 1. The number of phenols is 1. The van der Waals surface area contributed by atoms with Crippen LogP contribution in [-0.4, -0.2) is 30.1 Å². The van der Waals surface area contributed by atoms with Gasteiger partial charge in [0.1, 0.15) is 5.75 Å². The Labute approximate surface area is 147 Å². The summed E-state index contributed by atoms with van der Waals surface area (Å²) in [5.41, 5.74) is 1.56. The Morgan fingerprint density at radius 2 is 1.76 bits per heavy atom. The van der Waals surface area contributed by atoms with E-state index in [-0.39, 0.29) is 30.6 Å². The van der Waals surface area contributed by atoms with Gasteiger partial charge in [0, 0.05) is 12.1 Å². The molecule has 0 aliphatic heterocycles. The van der Waals surface area contributed by atoms with Crippen molar-refractivity contribution in [1.29, 1.82) is 0 Å². The highest BCUT2D eigenvalue weighted by molar-refractivity contribution is 5.80. The Morgan fingerprint density at radius 1 is 1.08 bits per heavy atom. The van der Waals surface area contributed by atoms with Crippen LogP contribution in [0.15, 0.2) is 54.6 Å². The smallest absolute Gasteiger partial charge is 0.311 e. The fourth-order valence-corrected chi connectivity index (χ4v) is 2.53. The lowest BCUT2D eigenvalue weighted by molar-refractivity contribution is -0.147. The van der Waals surface area contributed by atoms with Crippen molar-refractivity contribution in [1.82, 2.24) is 5.32 Å². The fourth-order valence-electron chi connectivity index (χ4n) is 2.53. The van der Waals surface area contributed by atoms with Crippen LogP contribution in [-0.2, 0) is 27.2 Å². The van der Waals surface area contributed by atoms with Crippen LogP contribution < -0.4 is 5.32 Å². The van der Waals surface area contributed by atoms with Gasteiger partial charge in [-0.1, -0.05) is 48.5 Å². The molecule has 1 amide bonds. The van der Waals surface area contributed by atoms with Gasteiger partial charge in [0.2, 0.25) is 5.91 Å². The summed E-state index contributed by atoms with van der Waals surface area (Å²) < 4.78 is 5.12. The van der Waals surface area contributed by atoms with Crippen LogP contribution in [0.25, 0.3) is 0 Å². The molecule has 1 unspecified atom stereocenters. The monoisotopic (exact) mass is 341 g/mol. The van der Waals surface area contributed by atoms with Crippen LogP contribution in [0.4, 0.5) is 0 Å². The molecule has 2 aromatic rings. The summed E-state index contributed by atoms with van der Waals surface area (Å²) in [6.07, 6.45) is 0.560. The fraction of sp³-hybridized carbons (Fsp3) is 0.300. The summed E-state index contributed by atoms with van der Waals surface area (Å²) in [7, 11) is 0. The van der Waals surface area contributed by atoms with Crippen molar-refractivity contribution in [3.05, 3.63) is 65.7 Å². The first kappa shape index (κ1) is 18.5. The number of hydrogen-bond acceptors (Lipinski definition) is 4. The van der Waals surface area contributed by atoms with E-state index >= 15 is 0 Å². The van der Waals surface area contributed by atoms with E-state index in [0.717, 1.165) is 5.56 Å². The molecule has 0 saturated heterocycles. The lowest BCUT2D eigenvalue weighted by Crippen LogP contribution is -2.35. The normalized spacial score (nSPS) is 11.6. The molecule has 0 heterocycles. The number of aromatic hydroxyl groups is 1.